The first-order valence-corrected chi connectivity index (χ1v) is 7.25. The van der Waals surface area contributed by atoms with E-state index in [4.69, 9.17) is 5.73 Å². The molecule has 0 saturated carbocycles. The molecule has 3 unspecified atom stereocenters. The molecule has 3 heteroatoms. The van der Waals surface area contributed by atoms with Crippen molar-refractivity contribution < 1.29 is 4.79 Å². The van der Waals surface area contributed by atoms with Gasteiger partial charge in [0.15, 0.2) is 0 Å². The van der Waals surface area contributed by atoms with Gasteiger partial charge in [-0.2, -0.15) is 0 Å². The summed E-state index contributed by atoms with van der Waals surface area (Å²) in [6.07, 6.45) is 3.23. The monoisotopic (exact) mass is 254 g/mol. The summed E-state index contributed by atoms with van der Waals surface area (Å²) < 4.78 is 0. The fraction of sp³-hybridized carbons (Fsp3) is 0.933. The number of carbonyl (C=O) groups excluding carboxylic acids is 1. The van der Waals surface area contributed by atoms with E-state index in [1.165, 1.54) is 6.42 Å². The summed E-state index contributed by atoms with van der Waals surface area (Å²) in [6, 6.07) is 0.378. The second-order valence-electron chi connectivity index (χ2n) is 7.22. The van der Waals surface area contributed by atoms with Crippen LogP contribution >= 0.6 is 0 Å². The molecule has 1 aliphatic rings. The molecule has 106 valence electrons. The number of nitrogens with two attached hydrogens (primary N) is 1. The van der Waals surface area contributed by atoms with Gasteiger partial charge < -0.3 is 10.6 Å². The number of carbonyl (C=O) groups is 1. The van der Waals surface area contributed by atoms with Gasteiger partial charge in [0, 0.05) is 19.1 Å². The van der Waals surface area contributed by atoms with Gasteiger partial charge in [-0.1, -0.05) is 27.7 Å². The predicted molar refractivity (Wildman–Crippen MR) is 76.2 cm³/mol. The predicted octanol–water partition coefficient (Wildman–Crippen LogP) is 2.64. The molecule has 18 heavy (non-hydrogen) atoms. The first-order chi connectivity index (χ1) is 8.24. The molecule has 0 aromatic rings. The van der Waals surface area contributed by atoms with Crippen molar-refractivity contribution in [2.75, 3.05) is 13.1 Å². The smallest absolute Gasteiger partial charge is 0.227 e. The standard InChI is InChI=1S/C15H30N2O/c1-11-6-7-12(2)17(10-11)14(18)13(9-16)8-15(3,4)5/h11-13H,6-10,16H2,1-5H3. The molecule has 0 spiro atoms. The van der Waals surface area contributed by atoms with Gasteiger partial charge in [0.05, 0.1) is 5.92 Å². The van der Waals surface area contributed by atoms with Crippen molar-refractivity contribution in [3.63, 3.8) is 0 Å². The molecule has 3 atom stereocenters. The minimum Gasteiger partial charge on any atom is -0.339 e. The van der Waals surface area contributed by atoms with Crippen LogP contribution in [0.4, 0.5) is 0 Å². The zero-order chi connectivity index (χ0) is 13.9. The minimum atomic E-state index is -0.0160. The first kappa shape index (κ1) is 15.5. The van der Waals surface area contributed by atoms with E-state index in [2.05, 4.69) is 39.5 Å². The zero-order valence-corrected chi connectivity index (χ0v) is 12.7. The lowest BCUT2D eigenvalue weighted by Crippen LogP contribution is -2.49. The SMILES string of the molecule is CC1CCC(C)N(C(=O)C(CN)CC(C)(C)C)C1. The maximum Gasteiger partial charge on any atom is 0.227 e. The van der Waals surface area contributed by atoms with Gasteiger partial charge in [-0.05, 0) is 37.5 Å². The molecule has 1 saturated heterocycles. The van der Waals surface area contributed by atoms with Crippen LogP contribution in [0.15, 0.2) is 0 Å². The number of hydrogen-bond donors (Lipinski definition) is 1. The fourth-order valence-electron chi connectivity index (χ4n) is 2.84. The number of likely N-dealkylation sites (tertiary alicyclic amines) is 1. The van der Waals surface area contributed by atoms with Crippen LogP contribution in [0.5, 0.6) is 0 Å². The van der Waals surface area contributed by atoms with Crippen LogP contribution in [0.2, 0.25) is 0 Å². The maximum absolute atomic E-state index is 12.6. The fourth-order valence-corrected chi connectivity index (χ4v) is 2.84. The third kappa shape index (κ3) is 4.27. The van der Waals surface area contributed by atoms with Crippen molar-refractivity contribution in [3.05, 3.63) is 0 Å². The van der Waals surface area contributed by atoms with Crippen molar-refractivity contribution in [2.24, 2.45) is 23.0 Å². The van der Waals surface area contributed by atoms with Crippen LogP contribution in [0, 0.1) is 17.3 Å². The summed E-state index contributed by atoms with van der Waals surface area (Å²) in [5, 5.41) is 0. The van der Waals surface area contributed by atoms with E-state index in [0.717, 1.165) is 19.4 Å². The van der Waals surface area contributed by atoms with Gasteiger partial charge in [0.1, 0.15) is 0 Å². The summed E-state index contributed by atoms with van der Waals surface area (Å²) in [4.78, 5) is 14.7. The lowest BCUT2D eigenvalue weighted by Gasteiger charge is -2.39. The molecule has 1 heterocycles. The Bertz CT molecular complexity index is 283. The Morgan fingerprint density at radius 1 is 1.33 bits per heavy atom. The van der Waals surface area contributed by atoms with Crippen molar-refractivity contribution in [1.82, 2.24) is 4.90 Å². The second kappa shape index (κ2) is 6.05. The van der Waals surface area contributed by atoms with E-state index in [1.807, 2.05) is 0 Å². The number of nitrogens with zero attached hydrogens (tertiary/aromatic N) is 1. The molecule has 0 aliphatic carbocycles. The van der Waals surface area contributed by atoms with Crippen molar-refractivity contribution in [1.29, 1.82) is 0 Å². The van der Waals surface area contributed by atoms with E-state index in [1.54, 1.807) is 0 Å². The Kier molecular flexibility index (Phi) is 5.20. The maximum atomic E-state index is 12.6. The van der Waals surface area contributed by atoms with Crippen LogP contribution < -0.4 is 5.73 Å². The van der Waals surface area contributed by atoms with E-state index in [-0.39, 0.29) is 17.2 Å². The average Bonchev–Trinajstić information content (AvgIpc) is 2.27. The molecule has 0 bridgehead atoms. The molecular formula is C15H30N2O. The average molecular weight is 254 g/mol. The topological polar surface area (TPSA) is 46.3 Å². The summed E-state index contributed by atoms with van der Waals surface area (Å²) >= 11 is 0. The van der Waals surface area contributed by atoms with E-state index in [9.17, 15) is 4.79 Å². The molecule has 1 fully saturated rings. The van der Waals surface area contributed by atoms with E-state index >= 15 is 0 Å². The molecule has 1 rings (SSSR count). The second-order valence-corrected chi connectivity index (χ2v) is 7.22. The van der Waals surface area contributed by atoms with Crippen molar-refractivity contribution >= 4 is 5.91 Å². The van der Waals surface area contributed by atoms with Crippen LogP contribution in [0.3, 0.4) is 0 Å². The first-order valence-electron chi connectivity index (χ1n) is 7.25. The summed E-state index contributed by atoms with van der Waals surface area (Å²) in [7, 11) is 0. The molecule has 0 aromatic heterocycles. The highest BCUT2D eigenvalue weighted by molar-refractivity contribution is 5.79. The zero-order valence-electron chi connectivity index (χ0n) is 12.7. The lowest BCUT2D eigenvalue weighted by atomic mass is 9.83. The summed E-state index contributed by atoms with van der Waals surface area (Å²) in [5.41, 5.74) is 5.98. The van der Waals surface area contributed by atoms with Gasteiger partial charge in [-0.25, -0.2) is 0 Å². The lowest BCUT2D eigenvalue weighted by molar-refractivity contribution is -0.140. The molecule has 1 aliphatic heterocycles. The van der Waals surface area contributed by atoms with Gasteiger partial charge >= 0.3 is 0 Å². The van der Waals surface area contributed by atoms with Gasteiger partial charge in [0.25, 0.3) is 0 Å². The molecule has 0 aromatic carbocycles. The highest BCUT2D eigenvalue weighted by Crippen LogP contribution is 2.28. The highest BCUT2D eigenvalue weighted by Gasteiger charge is 2.32. The Morgan fingerprint density at radius 2 is 1.94 bits per heavy atom. The van der Waals surface area contributed by atoms with E-state index < -0.39 is 0 Å². The normalized spacial score (nSPS) is 27.1. The Balaban J connectivity index is 2.70. The molecule has 2 N–H and O–H groups in total. The Morgan fingerprint density at radius 3 is 2.44 bits per heavy atom. The molecule has 1 amide bonds. The van der Waals surface area contributed by atoms with Crippen LogP contribution in [-0.2, 0) is 4.79 Å². The highest BCUT2D eigenvalue weighted by atomic mass is 16.2. The van der Waals surface area contributed by atoms with Gasteiger partial charge in [-0.3, -0.25) is 4.79 Å². The number of piperidine rings is 1. The molecular weight excluding hydrogens is 224 g/mol. The quantitative estimate of drug-likeness (QED) is 0.841. The third-order valence-corrected chi connectivity index (χ3v) is 3.89. The molecule has 0 radical (unpaired) electrons. The van der Waals surface area contributed by atoms with Gasteiger partial charge in [-0.15, -0.1) is 0 Å². The van der Waals surface area contributed by atoms with Crippen LogP contribution in [0.1, 0.15) is 53.9 Å². The summed E-state index contributed by atoms with van der Waals surface area (Å²) in [5.74, 6) is 0.877. The number of amides is 1. The summed E-state index contributed by atoms with van der Waals surface area (Å²) in [6.45, 7) is 12.3. The minimum absolute atomic E-state index is 0.0160. The largest absolute Gasteiger partial charge is 0.339 e. The van der Waals surface area contributed by atoms with Crippen LogP contribution in [0.25, 0.3) is 0 Å². The van der Waals surface area contributed by atoms with Crippen molar-refractivity contribution in [3.8, 4) is 0 Å². The van der Waals surface area contributed by atoms with Crippen LogP contribution in [-0.4, -0.2) is 29.9 Å². The Labute approximate surface area is 112 Å². The number of hydrogen-bond acceptors (Lipinski definition) is 2. The van der Waals surface area contributed by atoms with E-state index in [0.29, 0.717) is 18.5 Å². The Hall–Kier alpha value is -0.570. The number of rotatable bonds is 3. The van der Waals surface area contributed by atoms with Crippen molar-refractivity contribution in [2.45, 2.75) is 59.9 Å². The van der Waals surface area contributed by atoms with Gasteiger partial charge in [0.2, 0.25) is 5.91 Å². The third-order valence-electron chi connectivity index (χ3n) is 3.89. The molecule has 3 nitrogen and oxygen atoms in total.